The van der Waals surface area contributed by atoms with Crippen LogP contribution in [0.4, 0.5) is 0 Å². The first-order valence-corrected chi connectivity index (χ1v) is 17.8. The molecule has 10 rings (SSSR count). The molecule has 2 heteroatoms. The van der Waals surface area contributed by atoms with Crippen LogP contribution in [0.2, 0.25) is 0 Å². The molecule has 0 bridgehead atoms. The van der Waals surface area contributed by atoms with Crippen LogP contribution in [0, 0.1) is 0 Å². The number of hydrogen-bond donors (Lipinski definition) is 0. The minimum absolute atomic E-state index is 0.671. The SMILES string of the molecule is c1ccc(P(c2ccccc2)c2cccc(-c3cccc(-c4ccc5c(c4)-c4cccc6c4c-5cc4c5ccccc5oc64)c3)c2)cc1. The van der Waals surface area contributed by atoms with E-state index in [4.69, 9.17) is 4.42 Å². The van der Waals surface area contributed by atoms with Crippen LogP contribution in [0.5, 0.6) is 0 Å². The molecule has 9 aromatic rings. The molecule has 8 aromatic carbocycles. The molecule has 0 saturated carbocycles. The summed E-state index contributed by atoms with van der Waals surface area (Å²) in [5, 5.41) is 8.89. The fraction of sp³-hybridized carbons (Fsp3) is 0. The summed E-state index contributed by atoms with van der Waals surface area (Å²) in [6.45, 7) is 0. The van der Waals surface area contributed by atoms with E-state index in [1.165, 1.54) is 82.0 Å². The molecule has 1 aromatic heterocycles. The lowest BCUT2D eigenvalue weighted by molar-refractivity contribution is 0.672. The molecule has 0 atom stereocenters. The van der Waals surface area contributed by atoms with Crippen molar-refractivity contribution in [3.63, 3.8) is 0 Å². The van der Waals surface area contributed by atoms with Crippen molar-refractivity contribution in [3.8, 4) is 44.5 Å². The highest BCUT2D eigenvalue weighted by Crippen LogP contribution is 2.51. The largest absolute Gasteiger partial charge is 0.455 e. The maximum atomic E-state index is 6.42. The molecule has 1 aliphatic carbocycles. The Labute approximate surface area is 280 Å². The normalized spacial score (nSPS) is 11.9. The summed E-state index contributed by atoms with van der Waals surface area (Å²) < 4.78 is 6.42. The highest BCUT2D eigenvalue weighted by molar-refractivity contribution is 7.79. The highest BCUT2D eigenvalue weighted by atomic mass is 31.1. The van der Waals surface area contributed by atoms with Crippen LogP contribution in [0.1, 0.15) is 0 Å². The smallest absolute Gasteiger partial charge is 0.143 e. The fourth-order valence-electron chi connectivity index (χ4n) is 7.58. The van der Waals surface area contributed by atoms with Gasteiger partial charge in [-0.25, -0.2) is 0 Å². The Balaban J connectivity index is 1.06. The molecule has 0 amide bonds. The topological polar surface area (TPSA) is 13.1 Å². The van der Waals surface area contributed by atoms with Gasteiger partial charge in [-0.15, -0.1) is 0 Å². The number of para-hydroxylation sites is 1. The van der Waals surface area contributed by atoms with Gasteiger partial charge in [-0.2, -0.15) is 0 Å². The van der Waals surface area contributed by atoms with E-state index >= 15 is 0 Å². The van der Waals surface area contributed by atoms with E-state index < -0.39 is 7.92 Å². The molecule has 0 radical (unpaired) electrons. The molecular weight excluding hydrogens is 599 g/mol. The summed E-state index contributed by atoms with van der Waals surface area (Å²) in [5.41, 5.74) is 12.0. The van der Waals surface area contributed by atoms with Gasteiger partial charge in [-0.05, 0) is 98.7 Å². The second-order valence-corrected chi connectivity index (χ2v) is 14.7. The van der Waals surface area contributed by atoms with Crippen molar-refractivity contribution in [1.29, 1.82) is 0 Å². The highest BCUT2D eigenvalue weighted by Gasteiger charge is 2.25. The number of benzene rings is 8. The lowest BCUT2D eigenvalue weighted by atomic mass is 9.95. The standard InChI is InChI=1S/C46H29OP/c1-3-15-34(16-4-1)48(35-17-5-2-6-18-35)36-19-10-14-32(27-36)30-12-9-13-31(26-30)33-24-25-37-41(28-33)39-21-11-22-40-45(39)42(37)29-43-38-20-7-8-23-44(38)47-46(40)43/h1-29H. The average molecular weight is 629 g/mol. The van der Waals surface area contributed by atoms with Crippen molar-refractivity contribution in [2.24, 2.45) is 0 Å². The molecule has 0 fully saturated rings. The molecule has 0 N–H and O–H groups in total. The lowest BCUT2D eigenvalue weighted by Gasteiger charge is -2.20. The molecule has 0 spiro atoms. The van der Waals surface area contributed by atoms with E-state index in [1.54, 1.807) is 0 Å². The molecule has 48 heavy (non-hydrogen) atoms. The van der Waals surface area contributed by atoms with Crippen LogP contribution in [0.3, 0.4) is 0 Å². The Morgan fingerprint density at radius 3 is 1.71 bits per heavy atom. The van der Waals surface area contributed by atoms with Gasteiger partial charge in [-0.1, -0.05) is 146 Å². The minimum Gasteiger partial charge on any atom is -0.455 e. The van der Waals surface area contributed by atoms with Crippen LogP contribution >= 0.6 is 7.92 Å². The summed E-state index contributed by atoms with van der Waals surface area (Å²) in [5.74, 6) is 0. The average Bonchev–Trinajstić information content (AvgIpc) is 3.69. The Bertz CT molecular complexity index is 2630. The number of hydrogen-bond acceptors (Lipinski definition) is 1. The quantitative estimate of drug-likeness (QED) is 0.173. The zero-order chi connectivity index (χ0) is 31.6. The second-order valence-electron chi connectivity index (χ2n) is 12.5. The van der Waals surface area contributed by atoms with E-state index in [1.807, 2.05) is 6.07 Å². The van der Waals surface area contributed by atoms with Gasteiger partial charge in [0.25, 0.3) is 0 Å². The van der Waals surface area contributed by atoms with E-state index in [0.29, 0.717) is 0 Å². The Hall–Kier alpha value is -5.75. The Kier molecular flexibility index (Phi) is 6.22. The van der Waals surface area contributed by atoms with E-state index in [2.05, 4.69) is 170 Å². The molecule has 0 saturated heterocycles. The lowest BCUT2D eigenvalue weighted by Crippen LogP contribution is -2.20. The van der Waals surface area contributed by atoms with Crippen LogP contribution < -0.4 is 15.9 Å². The summed E-state index contributed by atoms with van der Waals surface area (Å²) in [6.07, 6.45) is 0. The van der Waals surface area contributed by atoms with Crippen molar-refractivity contribution in [1.82, 2.24) is 0 Å². The first kappa shape index (κ1) is 27.4. The maximum absolute atomic E-state index is 6.42. The molecule has 1 nitrogen and oxygen atoms in total. The Morgan fingerprint density at radius 1 is 0.333 bits per heavy atom. The van der Waals surface area contributed by atoms with Gasteiger partial charge in [0.2, 0.25) is 0 Å². The predicted octanol–water partition coefficient (Wildman–Crippen LogP) is 11.5. The van der Waals surface area contributed by atoms with Crippen molar-refractivity contribution < 1.29 is 4.42 Å². The molecule has 1 aliphatic rings. The molecule has 0 aliphatic heterocycles. The van der Waals surface area contributed by atoms with Gasteiger partial charge >= 0.3 is 0 Å². The van der Waals surface area contributed by atoms with Crippen molar-refractivity contribution in [3.05, 3.63) is 176 Å². The van der Waals surface area contributed by atoms with Gasteiger partial charge < -0.3 is 4.42 Å². The zero-order valence-electron chi connectivity index (χ0n) is 26.1. The molecule has 1 heterocycles. The summed E-state index contributed by atoms with van der Waals surface area (Å²) in [7, 11) is -0.671. The third-order valence-electron chi connectivity index (χ3n) is 9.76. The minimum atomic E-state index is -0.671. The zero-order valence-corrected chi connectivity index (χ0v) is 27.0. The molecule has 224 valence electrons. The monoisotopic (exact) mass is 628 g/mol. The third kappa shape index (κ3) is 4.29. The van der Waals surface area contributed by atoms with Gasteiger partial charge in [0.05, 0.1) is 0 Å². The van der Waals surface area contributed by atoms with Crippen LogP contribution in [-0.2, 0) is 0 Å². The van der Waals surface area contributed by atoms with Crippen molar-refractivity contribution in [2.75, 3.05) is 0 Å². The number of rotatable bonds is 5. The summed E-state index contributed by atoms with van der Waals surface area (Å²) in [4.78, 5) is 0. The number of fused-ring (bicyclic) bond motifs is 7. The maximum Gasteiger partial charge on any atom is 0.143 e. The van der Waals surface area contributed by atoms with Crippen molar-refractivity contribution >= 4 is 56.5 Å². The third-order valence-corrected chi connectivity index (χ3v) is 12.2. The van der Waals surface area contributed by atoms with Crippen molar-refractivity contribution in [2.45, 2.75) is 0 Å². The second kappa shape index (κ2) is 10.9. The summed E-state index contributed by atoms with van der Waals surface area (Å²) >= 11 is 0. The van der Waals surface area contributed by atoms with Crippen LogP contribution in [0.15, 0.2) is 180 Å². The Morgan fingerprint density at radius 2 is 0.938 bits per heavy atom. The van der Waals surface area contributed by atoms with Crippen LogP contribution in [0.25, 0.3) is 77.2 Å². The molecular formula is C46H29OP. The van der Waals surface area contributed by atoms with Gasteiger partial charge in [0.15, 0.2) is 0 Å². The van der Waals surface area contributed by atoms with Gasteiger partial charge in [0.1, 0.15) is 11.2 Å². The van der Waals surface area contributed by atoms with Gasteiger partial charge in [0, 0.05) is 21.5 Å². The first-order chi connectivity index (χ1) is 23.8. The number of furan rings is 1. The summed E-state index contributed by atoms with van der Waals surface area (Å²) in [6, 6.07) is 64.3. The van der Waals surface area contributed by atoms with E-state index in [-0.39, 0.29) is 0 Å². The first-order valence-electron chi connectivity index (χ1n) is 16.4. The van der Waals surface area contributed by atoms with E-state index in [0.717, 1.165) is 11.2 Å². The fourth-order valence-corrected chi connectivity index (χ4v) is 9.92. The molecule has 0 unspecified atom stereocenters. The van der Waals surface area contributed by atoms with Gasteiger partial charge in [-0.3, -0.25) is 0 Å². The van der Waals surface area contributed by atoms with E-state index in [9.17, 15) is 0 Å². The predicted molar refractivity (Wildman–Crippen MR) is 205 cm³/mol. The van der Waals surface area contributed by atoms with Crippen LogP contribution in [-0.4, -0.2) is 0 Å².